The molecule has 0 spiro atoms. The van der Waals surface area contributed by atoms with Crippen LogP contribution in [0.2, 0.25) is 0 Å². The lowest BCUT2D eigenvalue weighted by atomic mass is 9.79. The van der Waals surface area contributed by atoms with Gasteiger partial charge in [0.1, 0.15) is 38.0 Å². The maximum absolute atomic E-state index is 13.9. The molecular weight excluding hydrogens is 608 g/mol. The second kappa shape index (κ2) is 14.5. The predicted molar refractivity (Wildman–Crippen MR) is 162 cm³/mol. The zero-order chi connectivity index (χ0) is 33.0. The molecule has 3 fully saturated rings. The summed E-state index contributed by atoms with van der Waals surface area (Å²) < 4.78 is 15.8. The highest BCUT2D eigenvalue weighted by Crippen LogP contribution is 2.52. The molecule has 4 heterocycles. The van der Waals surface area contributed by atoms with Crippen molar-refractivity contribution in [2.75, 3.05) is 46.6 Å². The Labute approximate surface area is 266 Å². The highest BCUT2D eigenvalue weighted by molar-refractivity contribution is 8.03. The molecule has 0 saturated carbocycles. The molecule has 0 aromatic heterocycles. The minimum atomic E-state index is -0.943. The van der Waals surface area contributed by atoms with Crippen LogP contribution < -0.4 is 0 Å². The van der Waals surface area contributed by atoms with E-state index in [4.69, 9.17) is 19.0 Å². The van der Waals surface area contributed by atoms with Crippen molar-refractivity contribution in [3.05, 3.63) is 35.9 Å². The number of hydrogen-bond acceptors (Lipinski definition) is 12. The summed E-state index contributed by atoms with van der Waals surface area (Å²) in [6.07, 6.45) is 1.42. The first-order chi connectivity index (χ1) is 21.5. The molecule has 4 aliphatic heterocycles. The molecule has 0 aliphatic carbocycles. The number of hydrogen-bond donors (Lipinski definition) is 1. The summed E-state index contributed by atoms with van der Waals surface area (Å²) in [5.41, 5.74) is 0.442. The summed E-state index contributed by atoms with van der Waals surface area (Å²) >= 11 is 1.30. The van der Waals surface area contributed by atoms with Gasteiger partial charge in [-0.25, -0.2) is 9.59 Å². The van der Waals surface area contributed by atoms with Gasteiger partial charge in [0.2, 0.25) is 11.8 Å². The van der Waals surface area contributed by atoms with E-state index < -0.39 is 54.0 Å². The van der Waals surface area contributed by atoms with Crippen molar-refractivity contribution in [1.82, 2.24) is 14.7 Å². The topological polar surface area (TPSA) is 165 Å². The molecule has 14 nitrogen and oxygen atoms in total. The first-order valence-electron chi connectivity index (χ1n) is 14.8. The highest BCUT2D eigenvalue weighted by Gasteiger charge is 2.60. The van der Waals surface area contributed by atoms with Crippen LogP contribution in [0.5, 0.6) is 0 Å². The molecule has 0 aromatic carbocycles. The van der Waals surface area contributed by atoms with Crippen LogP contribution in [0.1, 0.15) is 27.2 Å². The largest absolute Gasteiger partial charge is 0.465 e. The number of ether oxygens (including phenoxy) is 3. The SMILES string of the molecule is C=CCOC(=O)C1=C(S[C@H]2C[C@@H](C(=O)N3C/C(=N/OC)C(C(=O)OCC)C3)N(C(=O)OCC=C)C2)[C@H](C)[C@@H]2[C@@H]([C@@H](C)O)C(=O)N12. The lowest BCUT2D eigenvalue weighted by molar-refractivity contribution is -0.164. The molecule has 15 heteroatoms. The Balaban J connectivity index is 1.61. The number of aliphatic hydroxyl groups is 1. The lowest BCUT2D eigenvalue weighted by Crippen LogP contribution is -2.63. The van der Waals surface area contributed by atoms with Crippen molar-refractivity contribution < 1.29 is 48.1 Å². The number of likely N-dealkylation sites (tertiary alicyclic amines) is 2. The van der Waals surface area contributed by atoms with E-state index in [0.29, 0.717) is 10.6 Å². The summed E-state index contributed by atoms with van der Waals surface area (Å²) in [5.74, 6) is -3.78. The fourth-order valence-corrected chi connectivity index (χ4v) is 7.84. The zero-order valence-electron chi connectivity index (χ0n) is 25.9. The first kappa shape index (κ1) is 34.0. The van der Waals surface area contributed by atoms with Crippen molar-refractivity contribution in [3.63, 3.8) is 0 Å². The zero-order valence-corrected chi connectivity index (χ0v) is 26.7. The van der Waals surface area contributed by atoms with Gasteiger partial charge in [-0.2, -0.15) is 0 Å². The third-order valence-corrected chi connectivity index (χ3v) is 9.78. The third kappa shape index (κ3) is 6.59. The normalized spacial score (nSPS) is 28.9. The first-order valence-corrected chi connectivity index (χ1v) is 15.7. The van der Waals surface area contributed by atoms with Gasteiger partial charge in [-0.3, -0.25) is 19.3 Å². The number of esters is 2. The van der Waals surface area contributed by atoms with Crippen molar-refractivity contribution in [2.24, 2.45) is 22.9 Å². The van der Waals surface area contributed by atoms with Crippen LogP contribution in [0.25, 0.3) is 0 Å². The van der Waals surface area contributed by atoms with E-state index in [9.17, 15) is 29.1 Å². The van der Waals surface area contributed by atoms with Gasteiger partial charge in [-0.05, 0) is 20.3 Å². The van der Waals surface area contributed by atoms with Gasteiger partial charge in [-0.15, -0.1) is 11.8 Å². The average Bonchev–Trinajstić information content (AvgIpc) is 3.68. The van der Waals surface area contributed by atoms with Gasteiger partial charge in [0, 0.05) is 29.2 Å². The Hall–Kier alpha value is -3.85. The van der Waals surface area contributed by atoms with Crippen LogP contribution in [0.3, 0.4) is 0 Å². The van der Waals surface area contributed by atoms with Crippen molar-refractivity contribution >= 4 is 47.3 Å². The summed E-state index contributed by atoms with van der Waals surface area (Å²) in [4.78, 5) is 75.6. The molecule has 3 amide bonds. The van der Waals surface area contributed by atoms with Crippen LogP contribution >= 0.6 is 11.8 Å². The number of aliphatic hydroxyl groups excluding tert-OH is 1. The molecular formula is C30H40N4O10S. The van der Waals surface area contributed by atoms with Crippen LogP contribution in [-0.4, -0.2) is 125 Å². The maximum Gasteiger partial charge on any atom is 0.410 e. The predicted octanol–water partition coefficient (Wildman–Crippen LogP) is 1.31. The molecule has 7 atom stereocenters. The van der Waals surface area contributed by atoms with E-state index in [1.165, 1.54) is 45.7 Å². The highest BCUT2D eigenvalue weighted by atomic mass is 32.2. The lowest BCUT2D eigenvalue weighted by Gasteiger charge is -2.46. The monoisotopic (exact) mass is 648 g/mol. The number of thioether (sulfide) groups is 1. The Morgan fingerprint density at radius 1 is 1.13 bits per heavy atom. The summed E-state index contributed by atoms with van der Waals surface area (Å²) in [6.45, 7) is 12.4. The van der Waals surface area contributed by atoms with Crippen molar-refractivity contribution in [3.8, 4) is 0 Å². The fraction of sp³-hybridized carbons (Fsp3) is 0.600. The number of carbonyl (C=O) groups is 5. The van der Waals surface area contributed by atoms with E-state index in [0.717, 1.165) is 0 Å². The molecule has 0 aromatic rings. The fourth-order valence-electron chi connectivity index (χ4n) is 6.32. The minimum absolute atomic E-state index is 0.00464. The minimum Gasteiger partial charge on any atom is -0.465 e. The Morgan fingerprint density at radius 2 is 1.82 bits per heavy atom. The van der Waals surface area contributed by atoms with Crippen LogP contribution in [0, 0.1) is 17.8 Å². The van der Waals surface area contributed by atoms with E-state index in [2.05, 4.69) is 18.3 Å². The van der Waals surface area contributed by atoms with Gasteiger partial charge < -0.3 is 34.0 Å². The Bertz CT molecular complexity index is 1300. The van der Waals surface area contributed by atoms with E-state index >= 15 is 0 Å². The van der Waals surface area contributed by atoms with Gasteiger partial charge in [0.15, 0.2) is 0 Å². The summed E-state index contributed by atoms with van der Waals surface area (Å²) in [6, 6.07) is -1.37. The standard InChI is InChI=1S/C30H40N4O10S/c1-7-10-43-29(39)24-25(16(4)23-22(17(5)35)27(37)34(23)24)45-18-12-21(33(13-18)30(40)44-11-8-2)26(36)32-14-19(28(38)42-9-3)20(15-32)31-41-6/h7-8,16-19,21-23,35H,1-2,9-15H2,3-6H3/b31-20-/t16-,17-,18+,19?,21+,22-,23-/m1/s1. The van der Waals surface area contributed by atoms with Crippen LogP contribution in [0.15, 0.2) is 41.1 Å². The number of rotatable bonds is 12. The van der Waals surface area contributed by atoms with Crippen molar-refractivity contribution in [1.29, 1.82) is 0 Å². The maximum atomic E-state index is 13.9. The average molecular weight is 649 g/mol. The smallest absolute Gasteiger partial charge is 0.410 e. The molecule has 0 radical (unpaired) electrons. The molecule has 45 heavy (non-hydrogen) atoms. The van der Waals surface area contributed by atoms with Gasteiger partial charge in [0.25, 0.3) is 0 Å². The Morgan fingerprint density at radius 3 is 2.44 bits per heavy atom. The van der Waals surface area contributed by atoms with Gasteiger partial charge in [0.05, 0.1) is 36.9 Å². The van der Waals surface area contributed by atoms with Crippen LogP contribution in [-0.2, 0) is 38.2 Å². The summed E-state index contributed by atoms with van der Waals surface area (Å²) in [5, 5.41) is 13.9. The molecule has 0 bridgehead atoms. The number of β-lactam (4-membered cyclic amide) rings is 1. The molecule has 3 saturated heterocycles. The molecule has 1 unspecified atom stereocenters. The number of oxime groups is 1. The third-order valence-electron chi connectivity index (χ3n) is 8.28. The summed E-state index contributed by atoms with van der Waals surface area (Å²) in [7, 11) is 1.34. The molecule has 246 valence electrons. The van der Waals surface area contributed by atoms with Gasteiger partial charge in [-0.1, -0.05) is 37.4 Å². The number of amides is 3. The van der Waals surface area contributed by atoms with E-state index in [1.54, 1.807) is 13.8 Å². The van der Waals surface area contributed by atoms with Crippen LogP contribution in [0.4, 0.5) is 4.79 Å². The Kier molecular flexibility index (Phi) is 11.0. The second-order valence-electron chi connectivity index (χ2n) is 11.2. The molecule has 1 N–H and O–H groups in total. The molecule has 4 rings (SSSR count). The second-order valence-corrected chi connectivity index (χ2v) is 12.5. The van der Waals surface area contributed by atoms with E-state index in [1.807, 2.05) is 6.92 Å². The van der Waals surface area contributed by atoms with Gasteiger partial charge >= 0.3 is 18.0 Å². The number of fused-ring (bicyclic) bond motifs is 1. The molecule has 4 aliphatic rings. The number of carbonyl (C=O) groups excluding carboxylic acids is 5. The quantitative estimate of drug-likeness (QED) is 0.107. The van der Waals surface area contributed by atoms with E-state index in [-0.39, 0.29) is 68.6 Å². The van der Waals surface area contributed by atoms with Crippen molar-refractivity contribution in [2.45, 2.75) is 50.6 Å². The number of nitrogens with zero attached hydrogens (tertiary/aromatic N) is 4.